The number of carbonyl (C=O) groups is 2. The summed E-state index contributed by atoms with van der Waals surface area (Å²) in [5.41, 5.74) is 2.82. The highest BCUT2D eigenvalue weighted by molar-refractivity contribution is 6.03. The van der Waals surface area contributed by atoms with Gasteiger partial charge in [0.1, 0.15) is 5.92 Å². The fourth-order valence-electron chi connectivity index (χ4n) is 3.16. The van der Waals surface area contributed by atoms with Gasteiger partial charge in [0.2, 0.25) is 11.7 Å². The van der Waals surface area contributed by atoms with Crippen molar-refractivity contribution in [3.8, 4) is 11.5 Å². The summed E-state index contributed by atoms with van der Waals surface area (Å²) in [5, 5.41) is 27.3. The highest BCUT2D eigenvalue weighted by Gasteiger charge is 2.40. The number of methoxy groups -OCH3 is 1. The summed E-state index contributed by atoms with van der Waals surface area (Å²) in [7, 11) is 1.25. The number of amides is 2. The second kappa shape index (κ2) is 8.38. The summed E-state index contributed by atoms with van der Waals surface area (Å²) in [6.45, 7) is 0.339. The minimum Gasteiger partial charge on any atom is -0.500 e. The van der Waals surface area contributed by atoms with E-state index in [1.54, 1.807) is 0 Å². The number of phenolic OH excluding ortho intramolecular Hbond substituents is 1. The quantitative estimate of drug-likeness (QED) is 0.290. The minimum atomic E-state index is -0.946. The average molecular weight is 398 g/mol. The molecule has 1 heterocycles. The van der Waals surface area contributed by atoms with Crippen LogP contribution in [0.25, 0.3) is 0 Å². The van der Waals surface area contributed by atoms with Gasteiger partial charge >= 0.3 is 5.69 Å². The third kappa shape index (κ3) is 4.15. The molecular weight excluding hydrogens is 380 g/mol. The first-order valence-corrected chi connectivity index (χ1v) is 8.63. The van der Waals surface area contributed by atoms with E-state index in [0.29, 0.717) is 6.54 Å². The van der Waals surface area contributed by atoms with Crippen LogP contribution in [-0.4, -0.2) is 41.7 Å². The van der Waals surface area contributed by atoms with Gasteiger partial charge in [-0.25, -0.2) is 5.43 Å². The normalized spacial score (nSPS) is 18.4. The average Bonchev–Trinajstić information content (AvgIpc) is 3.10. The lowest BCUT2D eigenvalue weighted by atomic mass is 9.88. The van der Waals surface area contributed by atoms with E-state index < -0.39 is 34.1 Å². The van der Waals surface area contributed by atoms with Crippen LogP contribution in [0.5, 0.6) is 11.5 Å². The molecule has 0 aliphatic carbocycles. The molecule has 10 nitrogen and oxygen atoms in total. The van der Waals surface area contributed by atoms with Crippen molar-refractivity contribution in [2.24, 2.45) is 11.0 Å². The van der Waals surface area contributed by atoms with Crippen molar-refractivity contribution in [1.29, 1.82) is 0 Å². The van der Waals surface area contributed by atoms with Crippen LogP contribution in [0.4, 0.5) is 5.69 Å². The third-order valence-electron chi connectivity index (χ3n) is 4.57. The van der Waals surface area contributed by atoms with Crippen LogP contribution < -0.4 is 15.5 Å². The topological polar surface area (TPSA) is 143 Å². The molecule has 10 heteroatoms. The zero-order valence-corrected chi connectivity index (χ0v) is 15.4. The number of nitro groups is 1. The van der Waals surface area contributed by atoms with Gasteiger partial charge in [0.05, 0.1) is 18.2 Å². The number of nitrogens with one attached hydrogen (secondary N) is 2. The number of hydrazone groups is 1. The van der Waals surface area contributed by atoms with Crippen molar-refractivity contribution in [3.63, 3.8) is 0 Å². The Kier molecular flexibility index (Phi) is 5.72. The number of phenols is 1. The fraction of sp³-hybridized carbons (Fsp3) is 0.211. The zero-order valence-electron chi connectivity index (χ0n) is 15.4. The number of nitrogens with zero attached hydrogens (tertiary/aromatic N) is 2. The number of ether oxygens (including phenoxy) is 1. The molecule has 2 aromatic rings. The Bertz CT molecular complexity index is 976. The first-order valence-electron chi connectivity index (χ1n) is 8.63. The first kappa shape index (κ1) is 19.8. The molecule has 2 atom stereocenters. The Labute approximate surface area is 165 Å². The van der Waals surface area contributed by atoms with Crippen molar-refractivity contribution in [3.05, 3.63) is 63.7 Å². The highest BCUT2D eigenvalue weighted by Crippen LogP contribution is 2.36. The summed E-state index contributed by atoms with van der Waals surface area (Å²) in [6, 6.07) is 11.6. The molecule has 0 radical (unpaired) electrons. The van der Waals surface area contributed by atoms with Crippen LogP contribution in [-0.2, 0) is 9.59 Å². The van der Waals surface area contributed by atoms with E-state index in [1.807, 2.05) is 30.3 Å². The molecule has 3 rings (SSSR count). The smallest absolute Gasteiger partial charge is 0.315 e. The maximum Gasteiger partial charge on any atom is 0.315 e. The number of benzene rings is 2. The minimum absolute atomic E-state index is 0.105. The van der Waals surface area contributed by atoms with Crippen molar-refractivity contribution in [1.82, 2.24) is 10.7 Å². The maximum atomic E-state index is 12.5. The van der Waals surface area contributed by atoms with Crippen LogP contribution in [0.2, 0.25) is 0 Å². The number of carbonyl (C=O) groups excluding carboxylic acids is 2. The van der Waals surface area contributed by atoms with Crippen LogP contribution in [0.1, 0.15) is 17.0 Å². The Morgan fingerprint density at radius 1 is 1.38 bits per heavy atom. The molecule has 2 unspecified atom stereocenters. The van der Waals surface area contributed by atoms with Crippen LogP contribution in [0.3, 0.4) is 0 Å². The SMILES string of the molecule is COc1cc(/C=N/NC(=O)C2C(=O)NCC2c2ccccc2)cc([N+](=O)[O-])c1O. The molecule has 0 bridgehead atoms. The van der Waals surface area contributed by atoms with Gasteiger partial charge in [-0.15, -0.1) is 0 Å². The lowest BCUT2D eigenvalue weighted by Gasteiger charge is -2.15. The predicted molar refractivity (Wildman–Crippen MR) is 103 cm³/mol. The Balaban J connectivity index is 1.76. The Hall–Kier alpha value is -3.95. The molecule has 1 aliphatic heterocycles. The summed E-state index contributed by atoms with van der Waals surface area (Å²) in [4.78, 5) is 34.9. The lowest BCUT2D eigenvalue weighted by molar-refractivity contribution is -0.386. The summed E-state index contributed by atoms with van der Waals surface area (Å²) < 4.78 is 4.91. The summed E-state index contributed by atoms with van der Waals surface area (Å²) in [5.74, 6) is -2.97. The first-order chi connectivity index (χ1) is 13.9. The molecule has 0 saturated carbocycles. The van der Waals surface area contributed by atoms with E-state index in [1.165, 1.54) is 13.2 Å². The Morgan fingerprint density at radius 3 is 2.76 bits per heavy atom. The predicted octanol–water partition coefficient (Wildman–Crippen LogP) is 1.29. The van der Waals surface area contributed by atoms with E-state index in [2.05, 4.69) is 15.8 Å². The second-order valence-corrected chi connectivity index (χ2v) is 6.32. The molecule has 2 amide bonds. The van der Waals surface area contributed by atoms with Crippen molar-refractivity contribution >= 4 is 23.7 Å². The van der Waals surface area contributed by atoms with Crippen LogP contribution >= 0.6 is 0 Å². The van der Waals surface area contributed by atoms with Crippen LogP contribution in [0.15, 0.2) is 47.6 Å². The molecule has 0 aromatic heterocycles. The lowest BCUT2D eigenvalue weighted by Crippen LogP contribution is -2.34. The molecule has 1 saturated heterocycles. The summed E-state index contributed by atoms with van der Waals surface area (Å²) in [6.07, 6.45) is 1.16. The van der Waals surface area contributed by atoms with Crippen LogP contribution in [0, 0.1) is 16.0 Å². The molecule has 1 aliphatic rings. The monoisotopic (exact) mass is 398 g/mol. The molecule has 150 valence electrons. The number of rotatable bonds is 6. The Morgan fingerprint density at radius 2 is 2.10 bits per heavy atom. The molecule has 0 spiro atoms. The largest absolute Gasteiger partial charge is 0.500 e. The number of hydrogen-bond acceptors (Lipinski definition) is 7. The van der Waals surface area contributed by atoms with Gasteiger partial charge in [0, 0.05) is 24.1 Å². The van der Waals surface area contributed by atoms with Gasteiger partial charge in [-0.3, -0.25) is 19.7 Å². The van der Waals surface area contributed by atoms with Crippen molar-refractivity contribution < 1.29 is 24.4 Å². The van der Waals surface area contributed by atoms with Gasteiger partial charge in [0.25, 0.3) is 5.91 Å². The number of hydrogen-bond donors (Lipinski definition) is 3. The maximum absolute atomic E-state index is 12.5. The number of nitro benzene ring substituents is 1. The van der Waals surface area contributed by atoms with E-state index in [9.17, 15) is 24.8 Å². The number of aromatic hydroxyl groups is 1. The van der Waals surface area contributed by atoms with Gasteiger partial charge in [-0.1, -0.05) is 30.3 Å². The van der Waals surface area contributed by atoms with Gasteiger partial charge < -0.3 is 15.2 Å². The zero-order chi connectivity index (χ0) is 21.0. The molecular formula is C19H18N4O6. The van der Waals surface area contributed by atoms with Crippen molar-refractivity contribution in [2.45, 2.75) is 5.92 Å². The molecule has 2 aromatic carbocycles. The van der Waals surface area contributed by atoms with Crippen molar-refractivity contribution in [2.75, 3.05) is 13.7 Å². The fourth-order valence-corrected chi connectivity index (χ4v) is 3.16. The third-order valence-corrected chi connectivity index (χ3v) is 4.57. The highest BCUT2D eigenvalue weighted by atomic mass is 16.6. The van der Waals surface area contributed by atoms with Gasteiger partial charge in [-0.05, 0) is 11.6 Å². The second-order valence-electron chi connectivity index (χ2n) is 6.32. The standard InChI is InChI=1S/C19H18N4O6/c1-29-15-8-11(7-14(17(15)24)23(27)28)9-21-22-19(26)16-13(10-20-18(16)25)12-5-3-2-4-6-12/h2-9,13,16,24H,10H2,1H3,(H,20,25)(H,22,26)/b21-9+. The van der Waals surface area contributed by atoms with E-state index in [-0.39, 0.29) is 17.2 Å². The summed E-state index contributed by atoms with van der Waals surface area (Å²) >= 11 is 0. The molecule has 29 heavy (non-hydrogen) atoms. The van der Waals surface area contributed by atoms with E-state index in [4.69, 9.17) is 4.74 Å². The van der Waals surface area contributed by atoms with E-state index >= 15 is 0 Å². The van der Waals surface area contributed by atoms with Gasteiger partial charge in [0.15, 0.2) is 5.75 Å². The molecule has 3 N–H and O–H groups in total. The van der Waals surface area contributed by atoms with Gasteiger partial charge in [-0.2, -0.15) is 5.10 Å². The van der Waals surface area contributed by atoms with E-state index in [0.717, 1.165) is 17.8 Å². The molecule has 1 fully saturated rings.